The molecule has 2 N–H and O–H groups in total. The van der Waals surface area contributed by atoms with Crippen LogP contribution in [0.25, 0.3) is 0 Å². The fourth-order valence-corrected chi connectivity index (χ4v) is 1.45. The van der Waals surface area contributed by atoms with Gasteiger partial charge >= 0.3 is 0 Å². The van der Waals surface area contributed by atoms with Gasteiger partial charge in [-0.2, -0.15) is 0 Å². The molecule has 0 aliphatic heterocycles. The van der Waals surface area contributed by atoms with Crippen LogP contribution in [-0.4, -0.2) is 17.6 Å². The second kappa shape index (κ2) is 5.47. The molecular weight excluding hydrogens is 256 g/mol. The maximum absolute atomic E-state index is 12.9. The normalized spacial score (nSPS) is 10.3. The van der Waals surface area contributed by atoms with Crippen LogP contribution < -0.4 is 10.6 Å². The summed E-state index contributed by atoms with van der Waals surface area (Å²) < 4.78 is 30.6. The molecule has 0 aliphatic rings. The molecule has 0 aliphatic carbocycles. The Labute approximate surface area is 107 Å². The minimum absolute atomic E-state index is 0.144. The molecule has 0 spiro atoms. The van der Waals surface area contributed by atoms with Gasteiger partial charge in [-0.15, -0.1) is 0 Å². The standard InChI is InChI=1S/C12H11F2N3O2/c1-7-2-11(17-19-7)16-12(18)6-15-10-4-8(13)3-9(14)5-10/h2-5,15H,6H2,1H3,(H,16,17,18). The Morgan fingerprint density at radius 2 is 1.95 bits per heavy atom. The molecule has 19 heavy (non-hydrogen) atoms. The topological polar surface area (TPSA) is 67.2 Å². The number of anilines is 2. The number of nitrogens with zero attached hydrogens (tertiary/aromatic N) is 1. The SMILES string of the molecule is Cc1cc(NC(=O)CNc2cc(F)cc(F)c2)no1. The molecule has 1 aromatic carbocycles. The number of hydrogen-bond acceptors (Lipinski definition) is 4. The van der Waals surface area contributed by atoms with Crippen LogP contribution in [0.3, 0.4) is 0 Å². The zero-order valence-electron chi connectivity index (χ0n) is 10.0. The largest absolute Gasteiger partial charge is 0.376 e. The average molecular weight is 267 g/mol. The third kappa shape index (κ3) is 3.77. The van der Waals surface area contributed by atoms with Crippen molar-refractivity contribution in [2.24, 2.45) is 0 Å². The minimum Gasteiger partial charge on any atom is -0.376 e. The summed E-state index contributed by atoms with van der Waals surface area (Å²) >= 11 is 0. The number of halogens is 2. The molecule has 7 heteroatoms. The molecule has 0 radical (unpaired) electrons. The van der Waals surface area contributed by atoms with Crippen molar-refractivity contribution in [1.82, 2.24) is 5.16 Å². The monoisotopic (exact) mass is 267 g/mol. The Morgan fingerprint density at radius 3 is 2.53 bits per heavy atom. The highest BCUT2D eigenvalue weighted by Crippen LogP contribution is 2.12. The van der Waals surface area contributed by atoms with E-state index >= 15 is 0 Å². The van der Waals surface area contributed by atoms with E-state index in [1.807, 2.05) is 0 Å². The second-order valence-corrected chi connectivity index (χ2v) is 3.88. The Hall–Kier alpha value is -2.44. The fourth-order valence-electron chi connectivity index (χ4n) is 1.45. The Balaban J connectivity index is 1.89. The highest BCUT2D eigenvalue weighted by atomic mass is 19.1. The number of nitrogens with one attached hydrogen (secondary N) is 2. The molecule has 0 atom stereocenters. The summed E-state index contributed by atoms with van der Waals surface area (Å²) in [6.07, 6.45) is 0. The van der Waals surface area contributed by atoms with E-state index in [1.165, 1.54) is 0 Å². The summed E-state index contributed by atoms with van der Waals surface area (Å²) in [6.45, 7) is 1.55. The molecule has 0 unspecified atom stereocenters. The van der Waals surface area contributed by atoms with E-state index in [4.69, 9.17) is 4.52 Å². The van der Waals surface area contributed by atoms with E-state index in [9.17, 15) is 13.6 Å². The van der Waals surface area contributed by atoms with E-state index in [2.05, 4.69) is 15.8 Å². The van der Waals surface area contributed by atoms with Gasteiger partial charge in [0.25, 0.3) is 0 Å². The van der Waals surface area contributed by atoms with Crippen molar-refractivity contribution >= 4 is 17.4 Å². The van der Waals surface area contributed by atoms with Crippen LogP contribution in [0.2, 0.25) is 0 Å². The molecule has 1 heterocycles. The number of hydrogen-bond donors (Lipinski definition) is 2. The molecule has 0 saturated heterocycles. The van der Waals surface area contributed by atoms with Gasteiger partial charge < -0.3 is 15.2 Å². The fraction of sp³-hybridized carbons (Fsp3) is 0.167. The molecule has 2 rings (SSSR count). The van der Waals surface area contributed by atoms with Crippen molar-refractivity contribution in [3.63, 3.8) is 0 Å². The third-order valence-electron chi connectivity index (χ3n) is 2.21. The zero-order chi connectivity index (χ0) is 13.8. The summed E-state index contributed by atoms with van der Waals surface area (Å²) in [5.74, 6) is -0.978. The van der Waals surface area contributed by atoms with Crippen LogP contribution in [0.4, 0.5) is 20.3 Å². The first-order valence-electron chi connectivity index (χ1n) is 5.46. The van der Waals surface area contributed by atoms with Crippen LogP contribution in [0.15, 0.2) is 28.8 Å². The van der Waals surface area contributed by atoms with Gasteiger partial charge in [-0.3, -0.25) is 4.79 Å². The first-order chi connectivity index (χ1) is 9.02. The Morgan fingerprint density at radius 1 is 1.26 bits per heavy atom. The van der Waals surface area contributed by atoms with E-state index in [0.717, 1.165) is 18.2 Å². The molecule has 100 valence electrons. The first-order valence-corrected chi connectivity index (χ1v) is 5.46. The smallest absolute Gasteiger partial charge is 0.244 e. The van der Waals surface area contributed by atoms with E-state index < -0.39 is 17.5 Å². The summed E-state index contributed by atoms with van der Waals surface area (Å²) in [5.41, 5.74) is 0.184. The lowest BCUT2D eigenvalue weighted by Gasteiger charge is -2.06. The molecule has 5 nitrogen and oxygen atoms in total. The van der Waals surface area contributed by atoms with Crippen molar-refractivity contribution in [2.45, 2.75) is 6.92 Å². The molecular formula is C12H11F2N3O2. The first kappa shape index (κ1) is 13.0. The van der Waals surface area contributed by atoms with Gasteiger partial charge in [0.2, 0.25) is 5.91 Å². The van der Waals surface area contributed by atoms with Gasteiger partial charge in [0.05, 0.1) is 6.54 Å². The summed E-state index contributed by atoms with van der Waals surface area (Å²) in [4.78, 5) is 11.5. The number of benzene rings is 1. The quantitative estimate of drug-likeness (QED) is 0.892. The number of rotatable bonds is 4. The van der Waals surface area contributed by atoms with Gasteiger partial charge in [-0.05, 0) is 19.1 Å². The summed E-state index contributed by atoms with van der Waals surface area (Å²) in [5, 5.41) is 8.66. The number of aryl methyl sites for hydroxylation is 1. The predicted octanol–water partition coefficient (Wildman–Crippen LogP) is 2.31. The Kier molecular flexibility index (Phi) is 3.74. The zero-order valence-corrected chi connectivity index (χ0v) is 10.0. The van der Waals surface area contributed by atoms with Crippen LogP contribution in [0, 0.1) is 18.6 Å². The molecule has 0 saturated carbocycles. The minimum atomic E-state index is -0.713. The van der Waals surface area contributed by atoms with Gasteiger partial charge in [0, 0.05) is 17.8 Å². The average Bonchev–Trinajstić information content (AvgIpc) is 2.71. The number of carbonyl (C=O) groups excluding carboxylic acids is 1. The lowest BCUT2D eigenvalue weighted by molar-refractivity contribution is -0.114. The Bertz CT molecular complexity index is 578. The predicted molar refractivity (Wildman–Crippen MR) is 64.7 cm³/mol. The molecule has 0 fully saturated rings. The van der Waals surface area contributed by atoms with E-state index in [-0.39, 0.29) is 18.1 Å². The summed E-state index contributed by atoms with van der Waals surface area (Å²) in [7, 11) is 0. The van der Waals surface area contributed by atoms with Crippen LogP contribution in [-0.2, 0) is 4.79 Å². The summed E-state index contributed by atoms with van der Waals surface area (Å²) in [6, 6.07) is 4.50. The van der Waals surface area contributed by atoms with Crippen molar-refractivity contribution in [3.8, 4) is 0 Å². The maximum Gasteiger partial charge on any atom is 0.244 e. The van der Waals surface area contributed by atoms with Crippen molar-refractivity contribution < 1.29 is 18.1 Å². The molecule has 1 amide bonds. The lowest BCUT2D eigenvalue weighted by Crippen LogP contribution is -2.22. The highest BCUT2D eigenvalue weighted by Gasteiger charge is 2.07. The van der Waals surface area contributed by atoms with E-state index in [0.29, 0.717) is 5.76 Å². The van der Waals surface area contributed by atoms with Crippen molar-refractivity contribution in [3.05, 3.63) is 41.7 Å². The lowest BCUT2D eigenvalue weighted by atomic mass is 10.3. The number of aromatic nitrogens is 1. The van der Waals surface area contributed by atoms with Gasteiger partial charge in [-0.1, -0.05) is 5.16 Å². The molecule has 2 aromatic rings. The van der Waals surface area contributed by atoms with Gasteiger partial charge in [0.15, 0.2) is 5.82 Å². The van der Waals surface area contributed by atoms with Gasteiger partial charge in [0.1, 0.15) is 17.4 Å². The van der Waals surface area contributed by atoms with Crippen LogP contribution in [0.1, 0.15) is 5.76 Å². The van der Waals surface area contributed by atoms with E-state index in [1.54, 1.807) is 13.0 Å². The third-order valence-corrected chi connectivity index (χ3v) is 2.21. The van der Waals surface area contributed by atoms with Crippen LogP contribution in [0.5, 0.6) is 0 Å². The molecule has 0 bridgehead atoms. The number of carbonyl (C=O) groups is 1. The molecule has 1 aromatic heterocycles. The van der Waals surface area contributed by atoms with Gasteiger partial charge in [-0.25, -0.2) is 8.78 Å². The maximum atomic E-state index is 12.9. The van der Waals surface area contributed by atoms with Crippen LogP contribution >= 0.6 is 0 Å². The number of amides is 1. The van der Waals surface area contributed by atoms with Crippen molar-refractivity contribution in [1.29, 1.82) is 0 Å². The second-order valence-electron chi connectivity index (χ2n) is 3.88. The van der Waals surface area contributed by atoms with Crippen molar-refractivity contribution in [2.75, 3.05) is 17.2 Å². The highest BCUT2D eigenvalue weighted by molar-refractivity contribution is 5.92.